The maximum absolute atomic E-state index is 12.7. The van der Waals surface area contributed by atoms with Crippen LogP contribution in [0, 0.1) is 0 Å². The molecule has 1 aromatic carbocycles. The third-order valence-electron chi connectivity index (χ3n) is 3.58. The standard InChI is InChI=1S/C14H11Cl3F2N4O2S/c15-8-2-1-7-10(6-20-13(7)12(8)16)26(24,25)22-9-5-21-23(14(9)17)4-3-11(18)19/h1-2,5-6,11,20,22H,3-4H2. The molecule has 2 heterocycles. The van der Waals surface area contributed by atoms with E-state index in [1.807, 2.05) is 0 Å². The summed E-state index contributed by atoms with van der Waals surface area (Å²) in [6.45, 7) is -0.139. The second-order valence-electron chi connectivity index (χ2n) is 5.29. The summed E-state index contributed by atoms with van der Waals surface area (Å²) < 4.78 is 53.4. The van der Waals surface area contributed by atoms with Crippen LogP contribution in [0.2, 0.25) is 15.2 Å². The molecule has 0 aliphatic carbocycles. The minimum Gasteiger partial charge on any atom is -0.359 e. The van der Waals surface area contributed by atoms with Crippen LogP contribution in [-0.2, 0) is 16.6 Å². The molecule has 2 N–H and O–H groups in total. The van der Waals surface area contributed by atoms with Crippen LogP contribution in [0.3, 0.4) is 0 Å². The molecule has 0 amide bonds. The van der Waals surface area contributed by atoms with Crippen molar-refractivity contribution in [2.45, 2.75) is 24.3 Å². The van der Waals surface area contributed by atoms with E-state index in [1.54, 1.807) is 0 Å². The molecule has 0 unspecified atom stereocenters. The molecule has 26 heavy (non-hydrogen) atoms. The van der Waals surface area contributed by atoms with Gasteiger partial charge in [-0.15, -0.1) is 0 Å². The van der Waals surface area contributed by atoms with Crippen molar-refractivity contribution in [3.63, 3.8) is 0 Å². The molecule has 12 heteroatoms. The Kier molecular flexibility index (Phi) is 5.34. The van der Waals surface area contributed by atoms with E-state index in [4.69, 9.17) is 34.8 Å². The molecule has 0 spiro atoms. The van der Waals surface area contributed by atoms with Gasteiger partial charge in [0.1, 0.15) is 10.6 Å². The molecular weight excluding hydrogens is 433 g/mol. The highest BCUT2D eigenvalue weighted by Gasteiger charge is 2.23. The topological polar surface area (TPSA) is 79.8 Å². The van der Waals surface area contributed by atoms with E-state index in [1.165, 1.54) is 18.3 Å². The number of halogens is 5. The first-order chi connectivity index (χ1) is 12.2. The van der Waals surface area contributed by atoms with Crippen molar-refractivity contribution in [2.24, 2.45) is 0 Å². The molecule has 0 fully saturated rings. The SMILES string of the molecule is O=S(=O)(Nc1cnn(CCC(F)F)c1Cl)c1c[nH]c2c(Cl)c(Cl)ccc12. The maximum atomic E-state index is 12.7. The van der Waals surface area contributed by atoms with Crippen LogP contribution < -0.4 is 4.72 Å². The fourth-order valence-corrected chi connectivity index (χ4v) is 4.23. The van der Waals surface area contributed by atoms with Gasteiger partial charge >= 0.3 is 0 Å². The Morgan fingerprint density at radius 2 is 2.00 bits per heavy atom. The summed E-state index contributed by atoms with van der Waals surface area (Å²) in [5.74, 6) is 0. The highest BCUT2D eigenvalue weighted by molar-refractivity contribution is 7.93. The summed E-state index contributed by atoms with van der Waals surface area (Å²) >= 11 is 18.0. The van der Waals surface area contributed by atoms with E-state index < -0.39 is 22.9 Å². The van der Waals surface area contributed by atoms with Crippen LogP contribution in [-0.4, -0.2) is 29.6 Å². The van der Waals surface area contributed by atoms with E-state index >= 15 is 0 Å². The number of benzene rings is 1. The van der Waals surface area contributed by atoms with Crippen molar-refractivity contribution in [1.29, 1.82) is 0 Å². The summed E-state index contributed by atoms with van der Waals surface area (Å²) in [7, 11) is -4.04. The fourth-order valence-electron chi connectivity index (χ4n) is 2.35. The number of hydrogen-bond acceptors (Lipinski definition) is 3. The molecule has 0 atom stereocenters. The highest BCUT2D eigenvalue weighted by atomic mass is 35.5. The van der Waals surface area contributed by atoms with E-state index in [0.717, 1.165) is 10.9 Å². The second-order valence-corrected chi connectivity index (χ2v) is 8.09. The Bertz CT molecular complexity index is 1070. The summed E-state index contributed by atoms with van der Waals surface area (Å²) in [5.41, 5.74) is 0.355. The van der Waals surface area contributed by atoms with Gasteiger partial charge in [-0.2, -0.15) is 5.10 Å². The molecule has 0 saturated heterocycles. The van der Waals surface area contributed by atoms with Gasteiger partial charge in [0.15, 0.2) is 5.15 Å². The zero-order valence-corrected chi connectivity index (χ0v) is 15.9. The zero-order valence-electron chi connectivity index (χ0n) is 12.8. The Balaban J connectivity index is 1.92. The normalized spacial score (nSPS) is 12.2. The van der Waals surface area contributed by atoms with Crippen molar-refractivity contribution < 1.29 is 17.2 Å². The van der Waals surface area contributed by atoms with E-state index in [-0.39, 0.29) is 32.3 Å². The number of hydrogen-bond donors (Lipinski definition) is 2. The van der Waals surface area contributed by atoms with Crippen LogP contribution >= 0.6 is 34.8 Å². The predicted molar refractivity (Wildman–Crippen MR) is 97.0 cm³/mol. The number of aromatic amines is 1. The number of fused-ring (bicyclic) bond motifs is 1. The maximum Gasteiger partial charge on any atom is 0.264 e. The lowest BCUT2D eigenvalue weighted by Crippen LogP contribution is -2.12. The van der Waals surface area contributed by atoms with Gasteiger partial charge in [-0.05, 0) is 12.1 Å². The van der Waals surface area contributed by atoms with Crippen molar-refractivity contribution in [3.05, 3.63) is 39.7 Å². The van der Waals surface area contributed by atoms with Gasteiger partial charge in [0, 0.05) is 24.5 Å². The smallest absolute Gasteiger partial charge is 0.264 e. The minimum atomic E-state index is -4.04. The van der Waals surface area contributed by atoms with Crippen molar-refractivity contribution in [3.8, 4) is 0 Å². The number of aromatic nitrogens is 3. The lowest BCUT2D eigenvalue weighted by atomic mass is 10.2. The van der Waals surface area contributed by atoms with Crippen LogP contribution in [0.15, 0.2) is 29.4 Å². The van der Waals surface area contributed by atoms with E-state index in [0.29, 0.717) is 10.9 Å². The molecule has 3 aromatic rings. The Labute approximate surface area is 162 Å². The Morgan fingerprint density at radius 1 is 1.27 bits per heavy atom. The first kappa shape index (κ1) is 19.2. The first-order valence-electron chi connectivity index (χ1n) is 7.18. The van der Waals surface area contributed by atoms with Gasteiger partial charge in [0.25, 0.3) is 10.0 Å². The van der Waals surface area contributed by atoms with Crippen LogP contribution in [0.1, 0.15) is 6.42 Å². The summed E-state index contributed by atoms with van der Waals surface area (Å²) in [4.78, 5) is 2.70. The number of alkyl halides is 2. The number of nitrogens with zero attached hydrogens (tertiary/aromatic N) is 2. The van der Waals surface area contributed by atoms with Crippen molar-refractivity contribution in [2.75, 3.05) is 4.72 Å². The van der Waals surface area contributed by atoms with Gasteiger partial charge in [-0.25, -0.2) is 17.2 Å². The number of H-pyrrole nitrogens is 1. The summed E-state index contributed by atoms with van der Waals surface area (Å²) in [6, 6.07) is 3.00. The monoisotopic (exact) mass is 442 g/mol. The highest BCUT2D eigenvalue weighted by Crippen LogP contribution is 2.34. The minimum absolute atomic E-state index is 0.0182. The summed E-state index contributed by atoms with van der Waals surface area (Å²) in [6.07, 6.45) is -0.540. The molecule has 0 bridgehead atoms. The molecule has 0 aliphatic rings. The molecule has 3 rings (SSSR count). The number of sulfonamides is 1. The van der Waals surface area contributed by atoms with Gasteiger partial charge < -0.3 is 4.98 Å². The molecule has 140 valence electrons. The number of aryl methyl sites for hydroxylation is 1. The Hall–Kier alpha value is -1.55. The van der Waals surface area contributed by atoms with Crippen molar-refractivity contribution in [1.82, 2.24) is 14.8 Å². The lowest BCUT2D eigenvalue weighted by molar-refractivity contribution is 0.130. The molecular formula is C14H11Cl3F2N4O2S. The predicted octanol–water partition coefficient (Wildman–Crippen LogP) is 4.78. The molecule has 2 aromatic heterocycles. The van der Waals surface area contributed by atoms with Gasteiger partial charge in [-0.3, -0.25) is 9.40 Å². The van der Waals surface area contributed by atoms with Gasteiger partial charge in [0.05, 0.1) is 21.8 Å². The second kappa shape index (κ2) is 7.22. The van der Waals surface area contributed by atoms with E-state index in [9.17, 15) is 17.2 Å². The summed E-state index contributed by atoms with van der Waals surface area (Å²) in [5, 5.41) is 4.55. The number of rotatable bonds is 6. The van der Waals surface area contributed by atoms with Crippen LogP contribution in [0.25, 0.3) is 10.9 Å². The molecule has 0 aliphatic heterocycles. The number of anilines is 1. The quantitative estimate of drug-likeness (QED) is 0.575. The Morgan fingerprint density at radius 3 is 2.69 bits per heavy atom. The number of nitrogens with one attached hydrogen (secondary N) is 2. The third kappa shape index (κ3) is 3.62. The van der Waals surface area contributed by atoms with Crippen molar-refractivity contribution >= 4 is 61.4 Å². The molecule has 0 radical (unpaired) electrons. The average molecular weight is 444 g/mol. The van der Waals surface area contributed by atoms with Crippen LogP contribution in [0.5, 0.6) is 0 Å². The fraction of sp³-hybridized carbons (Fsp3) is 0.214. The van der Waals surface area contributed by atoms with Crippen LogP contribution in [0.4, 0.5) is 14.5 Å². The lowest BCUT2D eigenvalue weighted by Gasteiger charge is -2.07. The first-order valence-corrected chi connectivity index (χ1v) is 9.80. The largest absolute Gasteiger partial charge is 0.359 e. The molecule has 6 nitrogen and oxygen atoms in total. The average Bonchev–Trinajstić information content (AvgIpc) is 3.14. The van der Waals surface area contributed by atoms with E-state index in [2.05, 4.69) is 14.8 Å². The van der Waals surface area contributed by atoms with Gasteiger partial charge in [0.2, 0.25) is 6.43 Å². The van der Waals surface area contributed by atoms with Gasteiger partial charge in [-0.1, -0.05) is 34.8 Å². The third-order valence-corrected chi connectivity index (χ3v) is 6.18. The zero-order chi connectivity index (χ0) is 19.1. The molecule has 0 saturated carbocycles.